The molecule has 4 rings (SSSR count). The summed E-state index contributed by atoms with van der Waals surface area (Å²) in [5.74, 6) is 0.671. The van der Waals surface area contributed by atoms with Gasteiger partial charge in [-0.2, -0.15) is 4.98 Å². The van der Waals surface area contributed by atoms with Gasteiger partial charge in [0.05, 0.1) is 24.1 Å². The lowest BCUT2D eigenvalue weighted by Gasteiger charge is -2.41. The van der Waals surface area contributed by atoms with Crippen LogP contribution in [-0.2, 0) is 21.4 Å². The molecule has 2 atom stereocenters. The molecule has 2 aromatic heterocycles. The number of likely N-dealkylation sites (tertiary alicyclic amines) is 1. The minimum Gasteiger partial charge on any atom is -0.377 e. The normalized spacial score (nSPS) is 25.8. The third-order valence-electron chi connectivity index (χ3n) is 5.04. The van der Waals surface area contributed by atoms with E-state index < -0.39 is 11.2 Å². The van der Waals surface area contributed by atoms with Crippen molar-refractivity contribution in [3.05, 3.63) is 41.6 Å². The third-order valence-corrected chi connectivity index (χ3v) is 5.04. The summed E-state index contributed by atoms with van der Waals surface area (Å²) in [6.45, 7) is 3.49. The van der Waals surface area contributed by atoms with Gasteiger partial charge in [-0.15, -0.1) is 0 Å². The second-order valence-corrected chi connectivity index (χ2v) is 6.66. The zero-order chi connectivity index (χ0) is 17.4. The second kappa shape index (κ2) is 6.18. The van der Waals surface area contributed by atoms with E-state index in [0.29, 0.717) is 37.1 Å². The van der Waals surface area contributed by atoms with Crippen LogP contribution in [0.1, 0.15) is 30.3 Å². The molecule has 8 heteroatoms. The topological polar surface area (TPSA) is 81.4 Å². The Hall–Kier alpha value is -2.35. The molecule has 0 aliphatic carbocycles. The van der Waals surface area contributed by atoms with Crippen molar-refractivity contribution in [1.29, 1.82) is 0 Å². The van der Waals surface area contributed by atoms with Gasteiger partial charge in [-0.05, 0) is 31.9 Å². The highest BCUT2D eigenvalue weighted by Crippen LogP contribution is 2.42. The number of fused-ring (bicyclic) bond motifs is 1. The Morgan fingerprint density at radius 3 is 3.08 bits per heavy atom. The largest absolute Gasteiger partial charge is 0.377 e. The van der Waals surface area contributed by atoms with Gasteiger partial charge in [-0.3, -0.25) is 9.78 Å². The van der Waals surface area contributed by atoms with E-state index >= 15 is 0 Å². The fraction of sp³-hybridized carbons (Fsp3) is 0.529. The molecule has 0 saturated carbocycles. The maximum absolute atomic E-state index is 13.0. The molecule has 0 radical (unpaired) electrons. The minimum absolute atomic E-state index is 0.0136. The highest BCUT2D eigenvalue weighted by molar-refractivity contribution is 5.78. The fourth-order valence-corrected chi connectivity index (χ4v) is 3.74. The van der Waals surface area contributed by atoms with E-state index in [1.165, 1.54) is 12.1 Å². The van der Waals surface area contributed by atoms with Gasteiger partial charge in [0.2, 0.25) is 11.8 Å². The molecule has 25 heavy (non-hydrogen) atoms. The highest BCUT2D eigenvalue weighted by atomic mass is 19.1. The van der Waals surface area contributed by atoms with Gasteiger partial charge in [0, 0.05) is 25.4 Å². The van der Waals surface area contributed by atoms with E-state index in [-0.39, 0.29) is 18.4 Å². The molecule has 2 aliphatic heterocycles. The summed E-state index contributed by atoms with van der Waals surface area (Å²) in [5.41, 5.74) is 0.115. The minimum atomic E-state index is -0.439. The SMILES string of the molecule is Cc1noc([C@@]23CCO[C@@H]2CCN(C(=O)Cc2ccc(F)cn2)C3)n1. The third kappa shape index (κ3) is 2.90. The van der Waals surface area contributed by atoms with E-state index in [9.17, 15) is 9.18 Å². The Morgan fingerprint density at radius 1 is 1.48 bits per heavy atom. The Kier molecular flexibility index (Phi) is 3.99. The number of ether oxygens (including phenoxy) is 1. The number of carbonyl (C=O) groups is 1. The lowest BCUT2D eigenvalue weighted by Crippen LogP contribution is -2.54. The summed E-state index contributed by atoms with van der Waals surface area (Å²) >= 11 is 0. The van der Waals surface area contributed by atoms with Gasteiger partial charge in [-0.25, -0.2) is 4.39 Å². The van der Waals surface area contributed by atoms with Crippen molar-refractivity contribution in [2.24, 2.45) is 0 Å². The second-order valence-electron chi connectivity index (χ2n) is 6.66. The molecule has 2 fully saturated rings. The van der Waals surface area contributed by atoms with Crippen LogP contribution in [0.15, 0.2) is 22.9 Å². The molecule has 7 nitrogen and oxygen atoms in total. The number of piperidine rings is 1. The summed E-state index contributed by atoms with van der Waals surface area (Å²) in [7, 11) is 0. The van der Waals surface area contributed by atoms with Crippen LogP contribution in [0.25, 0.3) is 0 Å². The average molecular weight is 346 g/mol. The molecule has 1 amide bonds. The van der Waals surface area contributed by atoms with E-state index in [1.54, 1.807) is 11.8 Å². The first-order chi connectivity index (χ1) is 12.1. The smallest absolute Gasteiger partial charge is 0.237 e. The van der Waals surface area contributed by atoms with Crippen molar-refractivity contribution >= 4 is 5.91 Å². The average Bonchev–Trinajstić information content (AvgIpc) is 3.23. The molecular weight excluding hydrogens is 327 g/mol. The van der Waals surface area contributed by atoms with Crippen LogP contribution in [0.4, 0.5) is 4.39 Å². The first-order valence-electron chi connectivity index (χ1n) is 8.37. The van der Waals surface area contributed by atoms with E-state index in [4.69, 9.17) is 9.26 Å². The number of hydrogen-bond donors (Lipinski definition) is 0. The standard InChI is InChI=1S/C17H19FN4O3/c1-11-20-16(25-21-11)17-5-7-24-14(17)4-6-22(10-17)15(23)8-13-3-2-12(18)9-19-13/h2-3,9,14H,4-8,10H2,1H3/t14-,17-/m1/s1. The van der Waals surface area contributed by atoms with Crippen molar-refractivity contribution in [3.8, 4) is 0 Å². The Morgan fingerprint density at radius 2 is 2.36 bits per heavy atom. The summed E-state index contributed by atoms with van der Waals surface area (Å²) in [6, 6.07) is 2.85. The predicted molar refractivity (Wildman–Crippen MR) is 84.2 cm³/mol. The van der Waals surface area contributed by atoms with Crippen molar-refractivity contribution in [3.63, 3.8) is 0 Å². The first kappa shape index (κ1) is 16.1. The number of aryl methyl sites for hydroxylation is 1. The number of halogens is 1. The van der Waals surface area contributed by atoms with Crippen LogP contribution in [0.2, 0.25) is 0 Å². The van der Waals surface area contributed by atoms with Crippen LogP contribution in [0.5, 0.6) is 0 Å². The summed E-state index contributed by atoms with van der Waals surface area (Å²) in [6.07, 6.45) is 2.73. The zero-order valence-corrected chi connectivity index (χ0v) is 13.9. The molecule has 2 aliphatic rings. The van der Waals surface area contributed by atoms with Gasteiger partial charge < -0.3 is 14.2 Å². The van der Waals surface area contributed by atoms with Gasteiger partial charge in [0.25, 0.3) is 0 Å². The fourth-order valence-electron chi connectivity index (χ4n) is 3.74. The molecule has 0 spiro atoms. The monoisotopic (exact) mass is 346 g/mol. The Labute approximate surface area is 144 Å². The van der Waals surface area contributed by atoms with E-state index in [2.05, 4.69) is 15.1 Å². The van der Waals surface area contributed by atoms with Crippen molar-refractivity contribution in [1.82, 2.24) is 20.0 Å². The molecule has 0 unspecified atom stereocenters. The van der Waals surface area contributed by atoms with Crippen LogP contribution >= 0.6 is 0 Å². The molecule has 2 saturated heterocycles. The highest BCUT2D eigenvalue weighted by Gasteiger charge is 2.53. The molecule has 4 heterocycles. The summed E-state index contributed by atoms with van der Waals surface area (Å²) < 4.78 is 24.3. The molecule has 2 aromatic rings. The van der Waals surface area contributed by atoms with Crippen LogP contribution < -0.4 is 0 Å². The van der Waals surface area contributed by atoms with Gasteiger partial charge in [-0.1, -0.05) is 5.16 Å². The van der Waals surface area contributed by atoms with Crippen molar-refractivity contribution in [2.75, 3.05) is 19.7 Å². The molecule has 132 valence electrons. The Balaban J connectivity index is 1.54. The number of rotatable bonds is 3. The maximum atomic E-state index is 13.0. The first-order valence-corrected chi connectivity index (χ1v) is 8.37. The number of pyridine rings is 1. The lowest BCUT2D eigenvalue weighted by atomic mass is 9.76. The Bertz CT molecular complexity index is 778. The predicted octanol–water partition coefficient (Wildman–Crippen LogP) is 1.41. The zero-order valence-electron chi connectivity index (χ0n) is 13.9. The molecule has 0 N–H and O–H groups in total. The van der Waals surface area contributed by atoms with Gasteiger partial charge in [0.1, 0.15) is 5.82 Å². The quantitative estimate of drug-likeness (QED) is 0.836. The summed E-state index contributed by atoms with van der Waals surface area (Å²) in [5, 5.41) is 3.90. The van der Waals surface area contributed by atoms with Crippen LogP contribution in [-0.4, -0.2) is 51.7 Å². The van der Waals surface area contributed by atoms with Gasteiger partial charge >= 0.3 is 0 Å². The molecule has 0 bridgehead atoms. The van der Waals surface area contributed by atoms with E-state index in [1.807, 2.05) is 0 Å². The lowest BCUT2D eigenvalue weighted by molar-refractivity contribution is -0.134. The number of carbonyl (C=O) groups excluding carboxylic acids is 1. The van der Waals surface area contributed by atoms with Gasteiger partial charge in [0.15, 0.2) is 5.82 Å². The number of amides is 1. The summed E-state index contributed by atoms with van der Waals surface area (Å²) in [4.78, 5) is 22.9. The number of hydrogen-bond acceptors (Lipinski definition) is 6. The number of aromatic nitrogens is 3. The number of nitrogens with zero attached hydrogens (tertiary/aromatic N) is 4. The van der Waals surface area contributed by atoms with Crippen molar-refractivity contribution in [2.45, 2.75) is 37.7 Å². The van der Waals surface area contributed by atoms with Crippen molar-refractivity contribution < 1.29 is 18.4 Å². The molecule has 0 aromatic carbocycles. The molecular formula is C17H19FN4O3. The van der Waals surface area contributed by atoms with E-state index in [0.717, 1.165) is 19.0 Å². The van der Waals surface area contributed by atoms with Crippen LogP contribution in [0.3, 0.4) is 0 Å². The van der Waals surface area contributed by atoms with Crippen LogP contribution in [0, 0.1) is 12.7 Å². The maximum Gasteiger partial charge on any atom is 0.237 e.